The monoisotopic (exact) mass is 294 g/mol. The van der Waals surface area contributed by atoms with Gasteiger partial charge in [0.2, 0.25) is 0 Å². The van der Waals surface area contributed by atoms with Crippen LogP contribution in [-0.2, 0) is 16.1 Å². The van der Waals surface area contributed by atoms with E-state index in [-0.39, 0.29) is 5.97 Å². The number of pyridine rings is 1. The highest BCUT2D eigenvalue weighted by Gasteiger charge is 2.07. The number of aromatic nitrogens is 1. The van der Waals surface area contributed by atoms with Crippen molar-refractivity contribution in [1.29, 1.82) is 0 Å². The standard InChI is InChI=1S/C16H26N2O3/c1-12(2)10-17-11-14-15(8-7-13(3)18-14)21-9-5-6-16(19)20-4/h7-8,12,17H,5-6,9-11H2,1-4H3. The number of hydrogen-bond donors (Lipinski definition) is 1. The number of nitrogens with zero attached hydrogens (tertiary/aromatic N) is 1. The zero-order valence-electron chi connectivity index (χ0n) is 13.4. The molecule has 0 aliphatic carbocycles. The van der Waals surface area contributed by atoms with Gasteiger partial charge in [-0.15, -0.1) is 0 Å². The molecule has 0 saturated carbocycles. The van der Waals surface area contributed by atoms with Crippen molar-refractivity contribution >= 4 is 5.97 Å². The average molecular weight is 294 g/mol. The summed E-state index contributed by atoms with van der Waals surface area (Å²) in [6.07, 6.45) is 1.01. The number of methoxy groups -OCH3 is 1. The van der Waals surface area contributed by atoms with Crippen molar-refractivity contribution in [2.75, 3.05) is 20.3 Å². The Bertz CT molecular complexity index is 447. The number of rotatable bonds is 9. The highest BCUT2D eigenvalue weighted by Crippen LogP contribution is 2.17. The van der Waals surface area contributed by atoms with Crippen molar-refractivity contribution in [2.45, 2.75) is 40.2 Å². The summed E-state index contributed by atoms with van der Waals surface area (Å²) in [6, 6.07) is 3.87. The third-order valence-corrected chi connectivity index (χ3v) is 2.93. The highest BCUT2D eigenvalue weighted by atomic mass is 16.5. The molecule has 118 valence electrons. The predicted molar refractivity (Wildman–Crippen MR) is 82.3 cm³/mol. The van der Waals surface area contributed by atoms with Gasteiger partial charge in [0.15, 0.2) is 0 Å². The minimum absolute atomic E-state index is 0.209. The summed E-state index contributed by atoms with van der Waals surface area (Å²) >= 11 is 0. The van der Waals surface area contributed by atoms with Crippen molar-refractivity contribution in [1.82, 2.24) is 10.3 Å². The Kier molecular flexibility index (Phi) is 7.75. The third-order valence-electron chi connectivity index (χ3n) is 2.93. The molecule has 21 heavy (non-hydrogen) atoms. The Morgan fingerprint density at radius 3 is 2.81 bits per heavy atom. The Hall–Kier alpha value is -1.62. The van der Waals surface area contributed by atoms with Gasteiger partial charge in [0.1, 0.15) is 5.75 Å². The van der Waals surface area contributed by atoms with E-state index in [1.54, 1.807) is 0 Å². The molecule has 0 fully saturated rings. The second-order valence-corrected chi connectivity index (χ2v) is 5.45. The Morgan fingerprint density at radius 1 is 1.38 bits per heavy atom. The predicted octanol–water partition coefficient (Wildman–Crippen LogP) is 2.47. The van der Waals surface area contributed by atoms with Gasteiger partial charge < -0.3 is 14.8 Å². The first-order valence-electron chi connectivity index (χ1n) is 7.39. The first-order chi connectivity index (χ1) is 10.0. The SMILES string of the molecule is COC(=O)CCCOc1ccc(C)nc1CNCC(C)C. The second-order valence-electron chi connectivity index (χ2n) is 5.45. The largest absolute Gasteiger partial charge is 0.492 e. The van der Waals surface area contributed by atoms with E-state index in [4.69, 9.17) is 4.74 Å². The van der Waals surface area contributed by atoms with Crippen LogP contribution in [0.1, 0.15) is 38.1 Å². The number of hydrogen-bond acceptors (Lipinski definition) is 5. The van der Waals surface area contributed by atoms with E-state index in [0.29, 0.717) is 31.9 Å². The number of nitrogens with one attached hydrogen (secondary N) is 1. The lowest BCUT2D eigenvalue weighted by Crippen LogP contribution is -2.20. The fourth-order valence-corrected chi connectivity index (χ4v) is 1.84. The lowest BCUT2D eigenvalue weighted by Gasteiger charge is -2.13. The van der Waals surface area contributed by atoms with Crippen LogP contribution in [0.5, 0.6) is 5.75 Å². The lowest BCUT2D eigenvalue weighted by atomic mass is 10.2. The molecule has 5 heteroatoms. The molecule has 0 bridgehead atoms. The molecule has 0 aliphatic rings. The molecule has 0 atom stereocenters. The fourth-order valence-electron chi connectivity index (χ4n) is 1.84. The van der Waals surface area contributed by atoms with Gasteiger partial charge in [-0.3, -0.25) is 9.78 Å². The molecule has 1 aromatic rings. The molecule has 5 nitrogen and oxygen atoms in total. The van der Waals surface area contributed by atoms with Gasteiger partial charge in [-0.25, -0.2) is 0 Å². The summed E-state index contributed by atoms with van der Waals surface area (Å²) in [6.45, 7) is 8.41. The summed E-state index contributed by atoms with van der Waals surface area (Å²) in [5.41, 5.74) is 1.88. The van der Waals surface area contributed by atoms with Gasteiger partial charge in [0.05, 0.1) is 19.4 Å². The van der Waals surface area contributed by atoms with Crippen LogP contribution < -0.4 is 10.1 Å². The highest BCUT2D eigenvalue weighted by molar-refractivity contribution is 5.69. The molecular formula is C16H26N2O3. The third kappa shape index (κ3) is 7.09. The van der Waals surface area contributed by atoms with E-state index in [0.717, 1.165) is 23.7 Å². The summed E-state index contributed by atoms with van der Waals surface area (Å²) in [5.74, 6) is 1.17. The lowest BCUT2D eigenvalue weighted by molar-refractivity contribution is -0.140. The summed E-state index contributed by atoms with van der Waals surface area (Å²) < 4.78 is 10.3. The summed E-state index contributed by atoms with van der Waals surface area (Å²) in [7, 11) is 1.39. The topological polar surface area (TPSA) is 60.5 Å². The molecule has 1 rings (SSSR count). The van der Waals surface area contributed by atoms with Gasteiger partial charge >= 0.3 is 5.97 Å². The van der Waals surface area contributed by atoms with Gasteiger partial charge in [-0.2, -0.15) is 0 Å². The van der Waals surface area contributed by atoms with Crippen LogP contribution in [0, 0.1) is 12.8 Å². The summed E-state index contributed by atoms with van der Waals surface area (Å²) in [5, 5.41) is 3.37. The number of carbonyl (C=O) groups excluding carboxylic acids is 1. The van der Waals surface area contributed by atoms with E-state index in [2.05, 4.69) is 28.9 Å². The quantitative estimate of drug-likeness (QED) is 0.560. The molecular weight excluding hydrogens is 268 g/mol. The van der Waals surface area contributed by atoms with Crippen LogP contribution >= 0.6 is 0 Å². The Labute approximate surface area is 127 Å². The first kappa shape index (κ1) is 17.4. The molecule has 0 aromatic carbocycles. The molecule has 0 radical (unpaired) electrons. The Morgan fingerprint density at radius 2 is 2.14 bits per heavy atom. The van der Waals surface area contributed by atoms with Crippen LogP contribution in [0.25, 0.3) is 0 Å². The fraction of sp³-hybridized carbons (Fsp3) is 0.625. The molecule has 0 spiro atoms. The molecule has 0 aliphatic heterocycles. The van der Waals surface area contributed by atoms with Gasteiger partial charge in [0.25, 0.3) is 0 Å². The molecule has 1 heterocycles. The van der Waals surface area contributed by atoms with E-state index < -0.39 is 0 Å². The molecule has 0 amide bonds. The van der Waals surface area contributed by atoms with Crippen molar-refractivity contribution in [2.24, 2.45) is 5.92 Å². The van der Waals surface area contributed by atoms with Crippen LogP contribution in [0.4, 0.5) is 0 Å². The van der Waals surface area contributed by atoms with Crippen molar-refractivity contribution in [3.8, 4) is 5.75 Å². The average Bonchev–Trinajstić information content (AvgIpc) is 2.44. The van der Waals surface area contributed by atoms with Crippen LogP contribution in [0.15, 0.2) is 12.1 Å². The zero-order chi connectivity index (χ0) is 15.7. The van der Waals surface area contributed by atoms with Gasteiger partial charge in [0, 0.05) is 18.7 Å². The molecule has 0 saturated heterocycles. The minimum atomic E-state index is -0.209. The zero-order valence-corrected chi connectivity index (χ0v) is 13.4. The number of esters is 1. The maximum absolute atomic E-state index is 11.0. The van der Waals surface area contributed by atoms with Crippen molar-refractivity contribution < 1.29 is 14.3 Å². The number of aryl methyl sites for hydroxylation is 1. The smallest absolute Gasteiger partial charge is 0.305 e. The van der Waals surface area contributed by atoms with Crippen molar-refractivity contribution in [3.63, 3.8) is 0 Å². The molecule has 0 unspecified atom stereocenters. The minimum Gasteiger partial charge on any atom is -0.492 e. The molecule has 1 aromatic heterocycles. The second kappa shape index (κ2) is 9.34. The van der Waals surface area contributed by atoms with E-state index in [9.17, 15) is 4.79 Å². The Balaban J connectivity index is 2.49. The first-order valence-corrected chi connectivity index (χ1v) is 7.39. The summed E-state index contributed by atoms with van der Waals surface area (Å²) in [4.78, 5) is 15.6. The van der Waals surface area contributed by atoms with Gasteiger partial charge in [-0.05, 0) is 37.9 Å². The van der Waals surface area contributed by atoms with Crippen LogP contribution in [0.3, 0.4) is 0 Å². The van der Waals surface area contributed by atoms with E-state index in [1.807, 2.05) is 19.1 Å². The van der Waals surface area contributed by atoms with Gasteiger partial charge in [-0.1, -0.05) is 13.8 Å². The maximum Gasteiger partial charge on any atom is 0.305 e. The molecule has 1 N–H and O–H groups in total. The number of ether oxygens (including phenoxy) is 2. The van der Waals surface area contributed by atoms with E-state index >= 15 is 0 Å². The number of carbonyl (C=O) groups is 1. The maximum atomic E-state index is 11.0. The van der Waals surface area contributed by atoms with Crippen LogP contribution in [-0.4, -0.2) is 31.2 Å². The van der Waals surface area contributed by atoms with Crippen LogP contribution in [0.2, 0.25) is 0 Å². The van der Waals surface area contributed by atoms with E-state index in [1.165, 1.54) is 7.11 Å². The normalized spacial score (nSPS) is 10.7. The van der Waals surface area contributed by atoms with Crippen molar-refractivity contribution in [3.05, 3.63) is 23.5 Å².